The molecule has 1 fully saturated rings. The van der Waals surface area contributed by atoms with Crippen molar-refractivity contribution < 1.29 is 0 Å². The second kappa shape index (κ2) is 7.95. The first-order valence-corrected chi connectivity index (χ1v) is 8.67. The minimum atomic E-state index is 0.674. The average molecular weight is 288 g/mol. The molecule has 0 bridgehead atoms. The molecule has 1 aliphatic rings. The highest BCUT2D eigenvalue weighted by molar-refractivity contribution is 5.30. The van der Waals surface area contributed by atoms with Gasteiger partial charge in [0.1, 0.15) is 0 Å². The first-order chi connectivity index (χ1) is 10.1. The summed E-state index contributed by atoms with van der Waals surface area (Å²) in [6, 6.07) is 8.23. The van der Waals surface area contributed by atoms with Gasteiger partial charge in [0.15, 0.2) is 0 Å². The smallest absolute Gasteiger partial charge is 0.0240 e. The maximum absolute atomic E-state index is 3.76. The van der Waals surface area contributed by atoms with Crippen LogP contribution < -0.4 is 5.32 Å². The molecule has 2 atom stereocenters. The van der Waals surface area contributed by atoms with E-state index in [0.29, 0.717) is 12.1 Å². The van der Waals surface area contributed by atoms with E-state index < -0.39 is 0 Å². The zero-order valence-corrected chi connectivity index (χ0v) is 14.3. The first kappa shape index (κ1) is 16.5. The van der Waals surface area contributed by atoms with Crippen LogP contribution in [0.15, 0.2) is 18.2 Å². The maximum atomic E-state index is 3.76. The second-order valence-electron chi connectivity index (χ2n) is 6.70. The summed E-state index contributed by atoms with van der Waals surface area (Å²) in [6.07, 6.45) is 5.14. The van der Waals surface area contributed by atoms with Crippen molar-refractivity contribution in [3.8, 4) is 0 Å². The van der Waals surface area contributed by atoms with Gasteiger partial charge in [0.2, 0.25) is 0 Å². The Bertz CT molecular complexity index is 441. The Hall–Kier alpha value is -0.860. The Kier molecular flexibility index (Phi) is 6.25. The molecule has 0 aliphatic carbocycles. The molecule has 0 amide bonds. The number of piperazine rings is 1. The monoisotopic (exact) mass is 288 g/mol. The van der Waals surface area contributed by atoms with Gasteiger partial charge in [-0.25, -0.2) is 0 Å². The van der Waals surface area contributed by atoms with E-state index in [1.807, 2.05) is 0 Å². The van der Waals surface area contributed by atoms with E-state index in [4.69, 9.17) is 0 Å². The van der Waals surface area contributed by atoms with Gasteiger partial charge in [0.25, 0.3) is 0 Å². The molecule has 1 aromatic rings. The summed E-state index contributed by atoms with van der Waals surface area (Å²) in [6.45, 7) is 12.5. The Labute approximate surface area is 130 Å². The Morgan fingerprint density at radius 2 is 1.90 bits per heavy atom. The highest BCUT2D eigenvalue weighted by Crippen LogP contribution is 2.20. The van der Waals surface area contributed by atoms with Crippen LogP contribution in [-0.4, -0.2) is 30.1 Å². The van der Waals surface area contributed by atoms with Crippen molar-refractivity contribution in [2.75, 3.05) is 13.1 Å². The fraction of sp³-hybridized carbons (Fsp3) is 0.684. The van der Waals surface area contributed by atoms with Crippen molar-refractivity contribution in [3.63, 3.8) is 0 Å². The van der Waals surface area contributed by atoms with Gasteiger partial charge in [-0.05, 0) is 37.8 Å². The van der Waals surface area contributed by atoms with Crippen LogP contribution in [0.25, 0.3) is 0 Å². The Morgan fingerprint density at radius 1 is 1.14 bits per heavy atom. The normalized spacial score (nSPS) is 23.4. The molecule has 21 heavy (non-hydrogen) atoms. The number of nitrogens with zero attached hydrogens (tertiary/aromatic N) is 1. The van der Waals surface area contributed by atoms with Crippen molar-refractivity contribution in [1.82, 2.24) is 10.2 Å². The molecule has 1 aliphatic heterocycles. The van der Waals surface area contributed by atoms with E-state index in [0.717, 1.165) is 13.1 Å². The van der Waals surface area contributed by atoms with Crippen LogP contribution in [0.3, 0.4) is 0 Å². The molecule has 2 heteroatoms. The minimum Gasteiger partial charge on any atom is -0.311 e. The summed E-state index contributed by atoms with van der Waals surface area (Å²) in [4.78, 5) is 2.72. The van der Waals surface area contributed by atoms with E-state index in [9.17, 15) is 0 Å². The quantitative estimate of drug-likeness (QED) is 0.849. The van der Waals surface area contributed by atoms with Gasteiger partial charge in [0, 0.05) is 31.7 Å². The summed E-state index contributed by atoms with van der Waals surface area (Å²) in [7, 11) is 0. The lowest BCUT2D eigenvalue weighted by atomic mass is 9.99. The fourth-order valence-electron chi connectivity index (χ4n) is 3.47. The number of benzene rings is 1. The van der Waals surface area contributed by atoms with Gasteiger partial charge < -0.3 is 5.32 Å². The highest BCUT2D eigenvalue weighted by atomic mass is 15.2. The van der Waals surface area contributed by atoms with Crippen LogP contribution in [0.5, 0.6) is 0 Å². The SMILES string of the molecule is CCCC1CN(Cc2cc(C)ccc2C)C(CCC)CN1. The van der Waals surface area contributed by atoms with Gasteiger partial charge in [-0.2, -0.15) is 0 Å². The molecular weight excluding hydrogens is 256 g/mol. The topological polar surface area (TPSA) is 15.3 Å². The van der Waals surface area contributed by atoms with Crippen LogP contribution in [0.1, 0.15) is 56.2 Å². The third-order valence-electron chi connectivity index (χ3n) is 4.75. The van der Waals surface area contributed by atoms with Gasteiger partial charge in [0.05, 0.1) is 0 Å². The van der Waals surface area contributed by atoms with E-state index in [-0.39, 0.29) is 0 Å². The summed E-state index contributed by atoms with van der Waals surface area (Å²) in [5, 5.41) is 3.76. The fourth-order valence-corrected chi connectivity index (χ4v) is 3.47. The molecule has 1 aromatic carbocycles. The molecule has 0 radical (unpaired) electrons. The van der Waals surface area contributed by atoms with Crippen LogP contribution >= 0.6 is 0 Å². The summed E-state index contributed by atoms with van der Waals surface area (Å²) in [5.41, 5.74) is 4.32. The van der Waals surface area contributed by atoms with Gasteiger partial charge in [-0.1, -0.05) is 50.5 Å². The average Bonchev–Trinajstić information content (AvgIpc) is 2.46. The van der Waals surface area contributed by atoms with Crippen LogP contribution in [0, 0.1) is 13.8 Å². The number of hydrogen-bond donors (Lipinski definition) is 1. The van der Waals surface area contributed by atoms with Crippen LogP contribution in [0.4, 0.5) is 0 Å². The lowest BCUT2D eigenvalue weighted by molar-refractivity contribution is 0.111. The van der Waals surface area contributed by atoms with Crippen molar-refractivity contribution in [1.29, 1.82) is 0 Å². The zero-order chi connectivity index (χ0) is 15.2. The lowest BCUT2D eigenvalue weighted by Gasteiger charge is -2.41. The van der Waals surface area contributed by atoms with Crippen molar-refractivity contribution >= 4 is 0 Å². The maximum Gasteiger partial charge on any atom is 0.0240 e. The Balaban J connectivity index is 2.09. The molecular formula is C19H32N2. The molecule has 2 rings (SSSR count). The zero-order valence-electron chi connectivity index (χ0n) is 14.3. The third-order valence-corrected chi connectivity index (χ3v) is 4.75. The number of rotatable bonds is 6. The third kappa shape index (κ3) is 4.55. The van der Waals surface area contributed by atoms with Crippen LogP contribution in [0.2, 0.25) is 0 Å². The van der Waals surface area contributed by atoms with Crippen molar-refractivity contribution in [2.45, 2.75) is 72.0 Å². The lowest BCUT2D eigenvalue weighted by Crippen LogP contribution is -2.55. The molecule has 1 heterocycles. The standard InChI is InChI=1S/C19H32N2/c1-5-7-18-14-21(19(8-6-2)12-20-18)13-17-11-15(3)9-10-16(17)4/h9-11,18-20H,5-8,12-14H2,1-4H3. The molecule has 118 valence electrons. The first-order valence-electron chi connectivity index (χ1n) is 8.67. The van der Waals surface area contributed by atoms with Crippen molar-refractivity contribution in [2.24, 2.45) is 0 Å². The number of aryl methyl sites for hydroxylation is 2. The number of nitrogens with one attached hydrogen (secondary N) is 1. The van der Waals surface area contributed by atoms with Crippen molar-refractivity contribution in [3.05, 3.63) is 34.9 Å². The predicted molar refractivity (Wildman–Crippen MR) is 91.7 cm³/mol. The molecule has 0 spiro atoms. The van der Waals surface area contributed by atoms with Gasteiger partial charge in [-0.3, -0.25) is 4.90 Å². The highest BCUT2D eigenvalue weighted by Gasteiger charge is 2.26. The minimum absolute atomic E-state index is 0.674. The molecule has 2 unspecified atom stereocenters. The molecule has 0 aromatic heterocycles. The largest absolute Gasteiger partial charge is 0.311 e. The molecule has 1 N–H and O–H groups in total. The molecule has 0 saturated carbocycles. The number of hydrogen-bond acceptors (Lipinski definition) is 2. The summed E-state index contributed by atoms with van der Waals surface area (Å²) in [5.74, 6) is 0. The van der Waals surface area contributed by atoms with Crippen LogP contribution in [-0.2, 0) is 6.54 Å². The summed E-state index contributed by atoms with van der Waals surface area (Å²) >= 11 is 0. The molecule has 1 saturated heterocycles. The van der Waals surface area contributed by atoms with E-state index in [1.165, 1.54) is 48.9 Å². The van der Waals surface area contributed by atoms with E-state index >= 15 is 0 Å². The Morgan fingerprint density at radius 3 is 2.62 bits per heavy atom. The van der Waals surface area contributed by atoms with Gasteiger partial charge >= 0.3 is 0 Å². The van der Waals surface area contributed by atoms with E-state index in [1.54, 1.807) is 0 Å². The van der Waals surface area contributed by atoms with Gasteiger partial charge in [-0.15, -0.1) is 0 Å². The second-order valence-corrected chi connectivity index (χ2v) is 6.70. The van der Waals surface area contributed by atoms with E-state index in [2.05, 4.69) is 56.1 Å². The predicted octanol–water partition coefficient (Wildman–Crippen LogP) is 4.05. The molecule has 2 nitrogen and oxygen atoms in total. The summed E-state index contributed by atoms with van der Waals surface area (Å²) < 4.78 is 0.